The van der Waals surface area contributed by atoms with Crippen LogP contribution in [0.4, 0.5) is 0 Å². The molecule has 0 atom stereocenters. The topological polar surface area (TPSA) is 106 Å². The first-order chi connectivity index (χ1) is 13.1. The summed E-state index contributed by atoms with van der Waals surface area (Å²) in [5.41, 5.74) is 6.24. The highest BCUT2D eigenvalue weighted by Crippen LogP contribution is 2.17. The Morgan fingerprint density at radius 1 is 0.963 bits per heavy atom. The first-order valence-corrected chi connectivity index (χ1v) is 8.31. The van der Waals surface area contributed by atoms with Gasteiger partial charge in [0.15, 0.2) is 5.82 Å². The Labute approximate surface area is 155 Å². The van der Waals surface area contributed by atoms with E-state index in [0.717, 1.165) is 0 Å². The predicted molar refractivity (Wildman–Crippen MR) is 97.0 cm³/mol. The van der Waals surface area contributed by atoms with Crippen molar-refractivity contribution in [2.24, 2.45) is 0 Å². The molecule has 3 rings (SSSR count). The molecule has 1 aromatic heterocycles. The average molecular weight is 366 g/mol. The van der Waals surface area contributed by atoms with Gasteiger partial charge in [-0.15, -0.1) is 0 Å². The fraction of sp³-hybridized carbons (Fsp3) is 0.158. The number of amides is 2. The summed E-state index contributed by atoms with van der Waals surface area (Å²) in [6.45, 7) is 4.15. The van der Waals surface area contributed by atoms with Gasteiger partial charge in [-0.25, -0.2) is 0 Å². The van der Waals surface area contributed by atoms with Gasteiger partial charge in [-0.05, 0) is 62.4 Å². The van der Waals surface area contributed by atoms with E-state index in [1.54, 1.807) is 55.5 Å². The third-order valence-electron chi connectivity index (χ3n) is 3.64. The summed E-state index contributed by atoms with van der Waals surface area (Å²) in [6, 6.07) is 13.2. The van der Waals surface area contributed by atoms with Crippen molar-refractivity contribution in [3.63, 3.8) is 0 Å². The minimum Gasteiger partial charge on any atom is -0.494 e. The van der Waals surface area contributed by atoms with Gasteiger partial charge in [0, 0.05) is 16.7 Å². The minimum atomic E-state index is -0.442. The number of ether oxygens (including phenoxy) is 1. The van der Waals surface area contributed by atoms with Crippen LogP contribution in [-0.2, 0) is 0 Å². The summed E-state index contributed by atoms with van der Waals surface area (Å²) in [4.78, 5) is 28.4. The number of benzene rings is 2. The molecule has 0 spiro atoms. The Kier molecular flexibility index (Phi) is 5.46. The summed E-state index contributed by atoms with van der Waals surface area (Å²) in [5, 5.41) is 3.72. The highest BCUT2D eigenvalue weighted by atomic mass is 16.5. The molecule has 0 aliphatic rings. The van der Waals surface area contributed by atoms with Gasteiger partial charge in [-0.3, -0.25) is 20.4 Å². The standard InChI is InChI=1S/C19H18N4O4/c1-3-26-16-10-8-14(9-11-16)18(25)22-21-17(24)13-4-6-15(7-5-13)19-20-12(2)23-27-19/h4-11H,3H2,1-2H3,(H,21,24)(H,22,25). The van der Waals surface area contributed by atoms with Crippen LogP contribution >= 0.6 is 0 Å². The average Bonchev–Trinajstić information content (AvgIpc) is 3.13. The number of hydrogen-bond donors (Lipinski definition) is 2. The molecule has 0 unspecified atom stereocenters. The van der Waals surface area contributed by atoms with Crippen LogP contribution < -0.4 is 15.6 Å². The lowest BCUT2D eigenvalue weighted by Crippen LogP contribution is -2.41. The minimum absolute atomic E-state index is 0.377. The van der Waals surface area contributed by atoms with E-state index in [4.69, 9.17) is 9.26 Å². The summed E-state index contributed by atoms with van der Waals surface area (Å²) >= 11 is 0. The van der Waals surface area contributed by atoms with E-state index in [1.807, 2.05) is 6.92 Å². The number of hydrazine groups is 1. The molecular weight excluding hydrogens is 348 g/mol. The number of hydrogen-bond acceptors (Lipinski definition) is 6. The van der Waals surface area contributed by atoms with E-state index in [-0.39, 0.29) is 0 Å². The summed E-state index contributed by atoms with van der Waals surface area (Å²) < 4.78 is 10.4. The summed E-state index contributed by atoms with van der Waals surface area (Å²) in [7, 11) is 0. The second kappa shape index (κ2) is 8.13. The van der Waals surface area contributed by atoms with Gasteiger partial charge in [0.05, 0.1) is 6.61 Å². The van der Waals surface area contributed by atoms with Gasteiger partial charge in [0.1, 0.15) is 5.75 Å². The molecule has 3 aromatic rings. The lowest BCUT2D eigenvalue weighted by molar-refractivity contribution is 0.0846. The maximum absolute atomic E-state index is 12.2. The predicted octanol–water partition coefficient (Wildman–Crippen LogP) is 2.52. The van der Waals surface area contributed by atoms with Gasteiger partial charge in [-0.1, -0.05) is 5.16 Å². The largest absolute Gasteiger partial charge is 0.494 e. The molecular formula is C19H18N4O4. The van der Waals surface area contributed by atoms with Crippen LogP contribution in [0.1, 0.15) is 33.5 Å². The molecule has 2 N–H and O–H groups in total. The maximum Gasteiger partial charge on any atom is 0.269 e. The third-order valence-corrected chi connectivity index (χ3v) is 3.64. The Morgan fingerprint density at radius 2 is 1.52 bits per heavy atom. The first kappa shape index (κ1) is 18.1. The summed E-state index contributed by atoms with van der Waals surface area (Å²) in [6.07, 6.45) is 0. The van der Waals surface area contributed by atoms with Crippen LogP contribution in [0.3, 0.4) is 0 Å². The molecule has 1 heterocycles. The van der Waals surface area contributed by atoms with Crippen molar-refractivity contribution in [1.82, 2.24) is 21.0 Å². The maximum atomic E-state index is 12.2. The smallest absolute Gasteiger partial charge is 0.269 e. The Morgan fingerprint density at radius 3 is 2.00 bits per heavy atom. The lowest BCUT2D eigenvalue weighted by atomic mass is 10.1. The number of aromatic nitrogens is 2. The SMILES string of the molecule is CCOc1ccc(C(=O)NNC(=O)c2ccc(-c3nc(C)no3)cc2)cc1. The lowest BCUT2D eigenvalue weighted by Gasteiger charge is -2.08. The van der Waals surface area contributed by atoms with Gasteiger partial charge in [0.2, 0.25) is 0 Å². The van der Waals surface area contributed by atoms with Gasteiger partial charge < -0.3 is 9.26 Å². The first-order valence-electron chi connectivity index (χ1n) is 8.31. The van der Waals surface area contributed by atoms with Crippen molar-refractivity contribution in [2.75, 3.05) is 6.61 Å². The van der Waals surface area contributed by atoms with Crippen molar-refractivity contribution >= 4 is 11.8 Å². The van der Waals surface area contributed by atoms with E-state index >= 15 is 0 Å². The number of carbonyl (C=O) groups excluding carboxylic acids is 2. The molecule has 8 nitrogen and oxygen atoms in total. The fourth-order valence-corrected chi connectivity index (χ4v) is 2.31. The fourth-order valence-electron chi connectivity index (χ4n) is 2.31. The second-order valence-corrected chi connectivity index (χ2v) is 5.59. The van der Waals surface area contributed by atoms with Crippen molar-refractivity contribution in [3.05, 3.63) is 65.5 Å². The Balaban J connectivity index is 1.57. The number of nitrogens with zero attached hydrogens (tertiary/aromatic N) is 2. The van der Waals surface area contributed by atoms with Crippen molar-refractivity contribution < 1.29 is 18.8 Å². The van der Waals surface area contributed by atoms with Gasteiger partial charge >= 0.3 is 0 Å². The zero-order valence-corrected chi connectivity index (χ0v) is 14.9. The van der Waals surface area contributed by atoms with Crippen molar-refractivity contribution in [1.29, 1.82) is 0 Å². The molecule has 2 amide bonds. The van der Waals surface area contributed by atoms with Gasteiger partial charge in [-0.2, -0.15) is 4.98 Å². The molecule has 2 aromatic carbocycles. The normalized spacial score (nSPS) is 10.3. The quantitative estimate of drug-likeness (QED) is 0.672. The van der Waals surface area contributed by atoms with Crippen LogP contribution in [-0.4, -0.2) is 28.6 Å². The van der Waals surface area contributed by atoms with Crippen molar-refractivity contribution in [3.8, 4) is 17.2 Å². The van der Waals surface area contributed by atoms with Crippen molar-refractivity contribution in [2.45, 2.75) is 13.8 Å². The molecule has 0 aliphatic heterocycles. The molecule has 8 heteroatoms. The molecule has 27 heavy (non-hydrogen) atoms. The summed E-state index contributed by atoms with van der Waals surface area (Å²) in [5.74, 6) is 0.716. The molecule has 0 saturated heterocycles. The monoisotopic (exact) mass is 366 g/mol. The molecule has 0 radical (unpaired) electrons. The molecule has 0 bridgehead atoms. The highest BCUT2D eigenvalue weighted by molar-refractivity contribution is 5.99. The molecule has 0 aliphatic carbocycles. The Hall–Kier alpha value is -3.68. The second-order valence-electron chi connectivity index (χ2n) is 5.59. The van der Waals surface area contributed by atoms with Crippen LogP contribution in [0.25, 0.3) is 11.5 Å². The van der Waals surface area contributed by atoms with E-state index in [9.17, 15) is 9.59 Å². The van der Waals surface area contributed by atoms with Gasteiger partial charge in [0.25, 0.3) is 17.7 Å². The number of nitrogens with one attached hydrogen (secondary N) is 2. The van der Waals surface area contributed by atoms with E-state index < -0.39 is 11.8 Å². The zero-order valence-electron chi connectivity index (χ0n) is 14.9. The number of rotatable bonds is 5. The van der Waals surface area contributed by atoms with Crippen LogP contribution in [0, 0.1) is 6.92 Å². The molecule has 0 saturated carbocycles. The van der Waals surface area contributed by atoms with Crippen LogP contribution in [0.15, 0.2) is 53.1 Å². The van der Waals surface area contributed by atoms with Crippen LogP contribution in [0.2, 0.25) is 0 Å². The highest BCUT2D eigenvalue weighted by Gasteiger charge is 2.11. The van der Waals surface area contributed by atoms with E-state index in [0.29, 0.717) is 40.8 Å². The van der Waals surface area contributed by atoms with Crippen LogP contribution in [0.5, 0.6) is 5.75 Å². The number of carbonyl (C=O) groups is 2. The Bertz CT molecular complexity index is 933. The number of aryl methyl sites for hydroxylation is 1. The molecule has 138 valence electrons. The van der Waals surface area contributed by atoms with E-state index in [2.05, 4.69) is 21.0 Å². The molecule has 0 fully saturated rings. The third kappa shape index (κ3) is 4.49. The van der Waals surface area contributed by atoms with E-state index in [1.165, 1.54) is 0 Å². The zero-order chi connectivity index (χ0) is 19.2.